The Morgan fingerprint density at radius 1 is 1.36 bits per heavy atom. The van der Waals surface area contributed by atoms with Gasteiger partial charge in [-0.05, 0) is 36.6 Å². The number of methoxy groups -OCH3 is 1. The van der Waals surface area contributed by atoms with Crippen LogP contribution in [-0.4, -0.2) is 12.9 Å². The number of ether oxygens (including phenoxy) is 1. The monoisotopic (exact) mass is 192 g/mol. The molecule has 14 heavy (non-hydrogen) atoms. The number of carbonyl (C=O) groups excluding carboxylic acids is 1. The molecule has 0 bridgehead atoms. The summed E-state index contributed by atoms with van der Waals surface area (Å²) in [6, 6.07) is 5.56. The van der Waals surface area contributed by atoms with Crippen molar-refractivity contribution in [3.63, 3.8) is 0 Å². The van der Waals surface area contributed by atoms with Gasteiger partial charge in [-0.2, -0.15) is 0 Å². The van der Waals surface area contributed by atoms with E-state index < -0.39 is 0 Å². The van der Waals surface area contributed by atoms with Crippen molar-refractivity contribution in [1.82, 2.24) is 0 Å². The van der Waals surface area contributed by atoms with Crippen molar-refractivity contribution in [2.45, 2.75) is 26.7 Å². The summed E-state index contributed by atoms with van der Waals surface area (Å²) < 4.78 is 5.23. The van der Waals surface area contributed by atoms with Gasteiger partial charge in [0.15, 0.2) is 5.78 Å². The van der Waals surface area contributed by atoms with Gasteiger partial charge in [-0.15, -0.1) is 0 Å². The molecular weight excluding hydrogens is 176 g/mol. The van der Waals surface area contributed by atoms with E-state index in [-0.39, 0.29) is 5.78 Å². The summed E-state index contributed by atoms with van der Waals surface area (Å²) in [4.78, 5) is 11.2. The average Bonchev–Trinajstić information content (AvgIpc) is 2.16. The summed E-state index contributed by atoms with van der Waals surface area (Å²) in [6.07, 6.45) is 0. The Morgan fingerprint density at radius 2 is 2.00 bits per heavy atom. The topological polar surface area (TPSA) is 26.3 Å². The molecule has 1 rings (SSSR count). The first kappa shape index (κ1) is 10.8. The number of rotatable bonds is 3. The van der Waals surface area contributed by atoms with Gasteiger partial charge in [-0.3, -0.25) is 4.79 Å². The minimum Gasteiger partial charge on any atom is -0.496 e. The van der Waals surface area contributed by atoms with Gasteiger partial charge < -0.3 is 4.74 Å². The summed E-state index contributed by atoms with van der Waals surface area (Å²) in [5, 5.41) is 0. The summed E-state index contributed by atoms with van der Waals surface area (Å²) in [7, 11) is 1.65. The van der Waals surface area contributed by atoms with Crippen molar-refractivity contribution in [3.8, 4) is 5.75 Å². The molecule has 0 unspecified atom stereocenters. The van der Waals surface area contributed by atoms with E-state index in [2.05, 4.69) is 13.8 Å². The molecule has 0 aliphatic rings. The van der Waals surface area contributed by atoms with Crippen LogP contribution in [0.15, 0.2) is 18.2 Å². The van der Waals surface area contributed by atoms with Crippen LogP contribution >= 0.6 is 0 Å². The zero-order valence-corrected chi connectivity index (χ0v) is 9.13. The van der Waals surface area contributed by atoms with Crippen molar-refractivity contribution in [2.75, 3.05) is 7.11 Å². The van der Waals surface area contributed by atoms with E-state index in [1.54, 1.807) is 20.1 Å². The summed E-state index contributed by atoms with van der Waals surface area (Å²) in [5.41, 5.74) is 1.83. The van der Waals surface area contributed by atoms with Crippen LogP contribution < -0.4 is 4.74 Å². The van der Waals surface area contributed by atoms with Crippen LogP contribution in [0.3, 0.4) is 0 Å². The highest BCUT2D eigenvalue weighted by Crippen LogP contribution is 2.27. The molecule has 0 atom stereocenters. The minimum absolute atomic E-state index is 0.0922. The highest BCUT2D eigenvalue weighted by molar-refractivity contribution is 5.94. The van der Waals surface area contributed by atoms with Crippen LogP contribution in [0.1, 0.15) is 42.6 Å². The van der Waals surface area contributed by atoms with Gasteiger partial charge in [-0.25, -0.2) is 0 Å². The molecule has 0 radical (unpaired) electrons. The van der Waals surface area contributed by atoms with Crippen molar-refractivity contribution in [1.29, 1.82) is 0 Å². The van der Waals surface area contributed by atoms with E-state index in [0.717, 1.165) is 16.9 Å². The van der Waals surface area contributed by atoms with Gasteiger partial charge in [0, 0.05) is 5.56 Å². The standard InChI is InChI=1S/C12H16O2/c1-8(2)11-7-10(9(3)13)5-6-12(11)14-4/h5-8H,1-4H3. The van der Waals surface area contributed by atoms with Crippen LogP contribution in [0.4, 0.5) is 0 Å². The fourth-order valence-electron chi connectivity index (χ4n) is 1.40. The molecule has 0 aliphatic carbocycles. The lowest BCUT2D eigenvalue weighted by Crippen LogP contribution is -1.98. The van der Waals surface area contributed by atoms with E-state index >= 15 is 0 Å². The number of Topliss-reactive ketones (excluding diaryl/α,β-unsaturated/α-hetero) is 1. The lowest BCUT2D eigenvalue weighted by atomic mass is 9.98. The van der Waals surface area contributed by atoms with Crippen LogP contribution in [0.2, 0.25) is 0 Å². The highest BCUT2D eigenvalue weighted by atomic mass is 16.5. The molecule has 0 saturated heterocycles. The fourth-order valence-corrected chi connectivity index (χ4v) is 1.40. The maximum Gasteiger partial charge on any atom is 0.159 e. The zero-order valence-electron chi connectivity index (χ0n) is 9.13. The third-order valence-electron chi connectivity index (χ3n) is 2.26. The molecule has 76 valence electrons. The first-order valence-electron chi connectivity index (χ1n) is 4.75. The van der Waals surface area contributed by atoms with Gasteiger partial charge in [-0.1, -0.05) is 13.8 Å². The Balaban J connectivity index is 3.20. The lowest BCUT2D eigenvalue weighted by molar-refractivity contribution is 0.101. The molecule has 1 aromatic rings. The van der Waals surface area contributed by atoms with Crippen LogP contribution in [0.5, 0.6) is 5.75 Å². The fraction of sp³-hybridized carbons (Fsp3) is 0.417. The summed E-state index contributed by atoms with van der Waals surface area (Å²) in [5.74, 6) is 1.31. The molecule has 2 nitrogen and oxygen atoms in total. The van der Waals surface area contributed by atoms with Crippen LogP contribution in [0, 0.1) is 0 Å². The van der Waals surface area contributed by atoms with Crippen molar-refractivity contribution < 1.29 is 9.53 Å². The molecule has 0 spiro atoms. The molecular formula is C12H16O2. The Morgan fingerprint density at radius 3 is 2.43 bits per heavy atom. The van der Waals surface area contributed by atoms with Crippen LogP contribution in [-0.2, 0) is 0 Å². The predicted molar refractivity (Wildman–Crippen MR) is 57.1 cm³/mol. The Bertz CT molecular complexity index is 340. The van der Waals surface area contributed by atoms with Gasteiger partial charge >= 0.3 is 0 Å². The predicted octanol–water partition coefficient (Wildman–Crippen LogP) is 3.02. The van der Waals surface area contributed by atoms with Crippen molar-refractivity contribution >= 4 is 5.78 Å². The smallest absolute Gasteiger partial charge is 0.159 e. The molecule has 0 heterocycles. The molecule has 0 fully saturated rings. The number of benzene rings is 1. The highest BCUT2D eigenvalue weighted by Gasteiger charge is 2.09. The quantitative estimate of drug-likeness (QED) is 0.688. The van der Waals surface area contributed by atoms with E-state index in [9.17, 15) is 4.79 Å². The summed E-state index contributed by atoms with van der Waals surface area (Å²) >= 11 is 0. The molecule has 1 aromatic carbocycles. The number of hydrogen-bond acceptors (Lipinski definition) is 2. The first-order valence-corrected chi connectivity index (χ1v) is 4.75. The summed E-state index contributed by atoms with van der Waals surface area (Å²) in [6.45, 7) is 5.75. The maximum atomic E-state index is 11.2. The second-order valence-electron chi connectivity index (χ2n) is 3.67. The first-order chi connectivity index (χ1) is 6.56. The largest absolute Gasteiger partial charge is 0.496 e. The number of carbonyl (C=O) groups is 1. The number of ketones is 1. The normalized spacial score (nSPS) is 10.4. The molecule has 2 heteroatoms. The van der Waals surface area contributed by atoms with Gasteiger partial charge in [0.25, 0.3) is 0 Å². The molecule has 0 amide bonds. The van der Waals surface area contributed by atoms with E-state index in [1.807, 2.05) is 12.1 Å². The second kappa shape index (κ2) is 4.27. The minimum atomic E-state index is 0.0922. The zero-order chi connectivity index (χ0) is 10.7. The SMILES string of the molecule is COc1ccc(C(C)=O)cc1C(C)C. The van der Waals surface area contributed by atoms with Gasteiger partial charge in [0.2, 0.25) is 0 Å². The molecule has 0 aromatic heterocycles. The van der Waals surface area contributed by atoms with E-state index in [0.29, 0.717) is 5.92 Å². The Hall–Kier alpha value is -1.31. The van der Waals surface area contributed by atoms with Gasteiger partial charge in [0.1, 0.15) is 5.75 Å². The van der Waals surface area contributed by atoms with Gasteiger partial charge in [0.05, 0.1) is 7.11 Å². The second-order valence-corrected chi connectivity index (χ2v) is 3.67. The molecule has 0 saturated carbocycles. The third kappa shape index (κ3) is 2.13. The van der Waals surface area contributed by atoms with Crippen molar-refractivity contribution in [3.05, 3.63) is 29.3 Å². The number of hydrogen-bond donors (Lipinski definition) is 0. The molecule has 0 aliphatic heterocycles. The Labute approximate surface area is 84.9 Å². The van der Waals surface area contributed by atoms with Crippen molar-refractivity contribution in [2.24, 2.45) is 0 Å². The Kier molecular flexibility index (Phi) is 3.28. The average molecular weight is 192 g/mol. The van der Waals surface area contributed by atoms with E-state index in [1.165, 1.54) is 0 Å². The molecule has 0 N–H and O–H groups in total. The lowest BCUT2D eigenvalue weighted by Gasteiger charge is -2.12. The van der Waals surface area contributed by atoms with Crippen LogP contribution in [0.25, 0.3) is 0 Å². The van der Waals surface area contributed by atoms with E-state index in [4.69, 9.17) is 4.74 Å². The third-order valence-corrected chi connectivity index (χ3v) is 2.26. The maximum absolute atomic E-state index is 11.2.